The zero-order valence-electron chi connectivity index (χ0n) is 11.3. The molecule has 0 saturated heterocycles. The van der Waals surface area contributed by atoms with Gasteiger partial charge < -0.3 is 5.11 Å². The van der Waals surface area contributed by atoms with Gasteiger partial charge in [-0.3, -0.25) is 4.79 Å². The Morgan fingerprint density at radius 1 is 1.33 bits per heavy atom. The zero-order chi connectivity index (χ0) is 15.4. The zero-order valence-corrected chi connectivity index (χ0v) is 12.8. The molecule has 0 spiro atoms. The standard InChI is InChI=1S/C13H14Cl2N4O2/c1-2-8(3-12(20)21)7-19-13(16-17-18-19)9-4-10(14)6-11(15)5-9/h4-6,8H,2-3,7H2,1H3,(H,20,21). The smallest absolute Gasteiger partial charge is 0.303 e. The molecule has 1 unspecified atom stereocenters. The maximum Gasteiger partial charge on any atom is 0.303 e. The van der Waals surface area contributed by atoms with E-state index < -0.39 is 5.97 Å². The summed E-state index contributed by atoms with van der Waals surface area (Å²) in [6, 6.07) is 5.06. The van der Waals surface area contributed by atoms with Crippen LogP contribution in [0.1, 0.15) is 19.8 Å². The summed E-state index contributed by atoms with van der Waals surface area (Å²) < 4.78 is 1.58. The minimum absolute atomic E-state index is 0.0422. The van der Waals surface area contributed by atoms with E-state index in [0.29, 0.717) is 28.0 Å². The average Bonchev–Trinajstić information content (AvgIpc) is 2.84. The summed E-state index contributed by atoms with van der Waals surface area (Å²) in [6.07, 6.45) is 0.800. The van der Waals surface area contributed by atoms with Crippen LogP contribution in [0, 0.1) is 5.92 Å². The molecule has 0 aliphatic rings. The molecule has 112 valence electrons. The Morgan fingerprint density at radius 2 is 2.00 bits per heavy atom. The highest BCUT2D eigenvalue weighted by molar-refractivity contribution is 6.35. The number of aliphatic carboxylic acids is 1. The number of carboxylic acid groups (broad SMARTS) is 1. The minimum atomic E-state index is -0.831. The highest BCUT2D eigenvalue weighted by Gasteiger charge is 2.17. The van der Waals surface area contributed by atoms with Gasteiger partial charge in [0.25, 0.3) is 0 Å². The summed E-state index contributed by atoms with van der Waals surface area (Å²) in [5.41, 5.74) is 0.697. The number of benzene rings is 1. The van der Waals surface area contributed by atoms with Crippen molar-refractivity contribution in [3.63, 3.8) is 0 Å². The van der Waals surface area contributed by atoms with Gasteiger partial charge in [-0.2, -0.15) is 0 Å². The Morgan fingerprint density at radius 3 is 2.57 bits per heavy atom. The molecule has 1 heterocycles. The Balaban J connectivity index is 2.27. The third-order valence-corrected chi connectivity index (χ3v) is 3.56. The number of hydrogen-bond donors (Lipinski definition) is 1. The second kappa shape index (κ2) is 6.87. The van der Waals surface area contributed by atoms with E-state index in [-0.39, 0.29) is 12.3 Å². The molecule has 0 fully saturated rings. The predicted octanol–water partition coefficient (Wildman–Crippen LogP) is 3.15. The lowest BCUT2D eigenvalue weighted by Crippen LogP contribution is -2.16. The van der Waals surface area contributed by atoms with Gasteiger partial charge in [0.05, 0.1) is 0 Å². The van der Waals surface area contributed by atoms with Crippen LogP contribution in [0.3, 0.4) is 0 Å². The molecule has 6 nitrogen and oxygen atoms in total. The summed E-state index contributed by atoms with van der Waals surface area (Å²) in [4.78, 5) is 10.8. The molecule has 0 amide bonds. The molecule has 1 aromatic heterocycles. The van der Waals surface area contributed by atoms with Gasteiger partial charge in [0.2, 0.25) is 0 Å². The number of carboxylic acids is 1. The number of nitrogens with zero attached hydrogens (tertiary/aromatic N) is 4. The van der Waals surface area contributed by atoms with Crippen molar-refractivity contribution in [1.29, 1.82) is 0 Å². The van der Waals surface area contributed by atoms with E-state index in [0.717, 1.165) is 6.42 Å². The fourth-order valence-electron chi connectivity index (χ4n) is 2.05. The van der Waals surface area contributed by atoms with Crippen molar-refractivity contribution in [3.05, 3.63) is 28.2 Å². The third kappa shape index (κ3) is 4.15. The lowest BCUT2D eigenvalue weighted by atomic mass is 10.0. The highest BCUT2D eigenvalue weighted by Crippen LogP contribution is 2.26. The first-order valence-electron chi connectivity index (χ1n) is 6.44. The first kappa shape index (κ1) is 15.7. The molecule has 0 aliphatic carbocycles. The second-order valence-corrected chi connectivity index (χ2v) is 5.59. The topological polar surface area (TPSA) is 80.9 Å². The summed E-state index contributed by atoms with van der Waals surface area (Å²) in [5.74, 6) is -0.357. The van der Waals surface area contributed by atoms with Crippen LogP contribution in [0.5, 0.6) is 0 Å². The van der Waals surface area contributed by atoms with Crippen LogP contribution < -0.4 is 0 Å². The van der Waals surface area contributed by atoms with Crippen molar-refractivity contribution in [3.8, 4) is 11.4 Å². The minimum Gasteiger partial charge on any atom is -0.481 e. The van der Waals surface area contributed by atoms with Gasteiger partial charge in [-0.1, -0.05) is 36.5 Å². The summed E-state index contributed by atoms with van der Waals surface area (Å²) >= 11 is 12.0. The third-order valence-electron chi connectivity index (χ3n) is 3.12. The van der Waals surface area contributed by atoms with Gasteiger partial charge in [0.15, 0.2) is 5.82 Å². The number of halogens is 2. The highest BCUT2D eigenvalue weighted by atomic mass is 35.5. The lowest BCUT2D eigenvalue weighted by molar-refractivity contribution is -0.138. The van der Waals surface area contributed by atoms with E-state index >= 15 is 0 Å². The fourth-order valence-corrected chi connectivity index (χ4v) is 2.57. The SMILES string of the molecule is CCC(CC(=O)O)Cn1nnnc1-c1cc(Cl)cc(Cl)c1. The van der Waals surface area contributed by atoms with Crippen molar-refractivity contribution in [1.82, 2.24) is 20.2 Å². The van der Waals surface area contributed by atoms with Crippen molar-refractivity contribution < 1.29 is 9.90 Å². The normalized spacial score (nSPS) is 12.3. The quantitative estimate of drug-likeness (QED) is 0.880. The van der Waals surface area contributed by atoms with Gasteiger partial charge in [-0.25, -0.2) is 4.68 Å². The van der Waals surface area contributed by atoms with E-state index in [1.165, 1.54) is 0 Å². The molecule has 2 aromatic rings. The number of tetrazole rings is 1. The van der Waals surface area contributed by atoms with Crippen molar-refractivity contribution in [2.75, 3.05) is 0 Å². The number of carbonyl (C=O) groups is 1. The number of rotatable bonds is 6. The molecule has 1 N–H and O–H groups in total. The molecule has 8 heteroatoms. The van der Waals surface area contributed by atoms with Crippen LogP contribution >= 0.6 is 23.2 Å². The Bertz CT molecular complexity index is 625. The predicted molar refractivity (Wildman–Crippen MR) is 79.3 cm³/mol. The van der Waals surface area contributed by atoms with Crippen LogP contribution in [0.15, 0.2) is 18.2 Å². The van der Waals surface area contributed by atoms with Crippen molar-refractivity contribution in [2.24, 2.45) is 5.92 Å². The second-order valence-electron chi connectivity index (χ2n) is 4.71. The Hall–Kier alpha value is -1.66. The fraction of sp³-hybridized carbons (Fsp3) is 0.385. The summed E-state index contributed by atoms with van der Waals surface area (Å²) in [5, 5.41) is 21.4. The van der Waals surface area contributed by atoms with Crippen LogP contribution in [0.2, 0.25) is 10.0 Å². The molecule has 2 rings (SSSR count). The van der Waals surface area contributed by atoms with Crippen LogP contribution in [0.4, 0.5) is 0 Å². The van der Waals surface area contributed by atoms with Gasteiger partial charge in [-0.05, 0) is 34.5 Å². The van der Waals surface area contributed by atoms with Crippen molar-refractivity contribution in [2.45, 2.75) is 26.3 Å². The molecular weight excluding hydrogens is 315 g/mol. The van der Waals surface area contributed by atoms with Crippen LogP contribution in [-0.2, 0) is 11.3 Å². The summed E-state index contributed by atoms with van der Waals surface area (Å²) in [7, 11) is 0. The molecule has 1 atom stereocenters. The molecule has 1 aromatic carbocycles. The lowest BCUT2D eigenvalue weighted by Gasteiger charge is -2.13. The molecule has 0 saturated carbocycles. The van der Waals surface area contributed by atoms with Gasteiger partial charge in [0, 0.05) is 28.6 Å². The van der Waals surface area contributed by atoms with Crippen LogP contribution in [0.25, 0.3) is 11.4 Å². The first-order chi connectivity index (χ1) is 9.99. The molecule has 21 heavy (non-hydrogen) atoms. The van der Waals surface area contributed by atoms with Gasteiger partial charge >= 0.3 is 5.97 Å². The van der Waals surface area contributed by atoms with Crippen molar-refractivity contribution >= 4 is 29.2 Å². The Kier molecular flexibility index (Phi) is 5.14. The number of hydrogen-bond acceptors (Lipinski definition) is 4. The molecular formula is C13H14Cl2N4O2. The monoisotopic (exact) mass is 328 g/mol. The molecule has 0 bridgehead atoms. The van der Waals surface area contributed by atoms with E-state index in [9.17, 15) is 4.79 Å². The summed E-state index contributed by atoms with van der Waals surface area (Å²) in [6.45, 7) is 2.36. The Labute approximate surface area is 131 Å². The maximum absolute atomic E-state index is 10.8. The van der Waals surface area contributed by atoms with Gasteiger partial charge in [-0.15, -0.1) is 5.10 Å². The first-order valence-corrected chi connectivity index (χ1v) is 7.19. The van der Waals surface area contributed by atoms with Gasteiger partial charge in [0.1, 0.15) is 0 Å². The largest absolute Gasteiger partial charge is 0.481 e. The van der Waals surface area contributed by atoms with E-state index in [1.54, 1.807) is 22.9 Å². The van der Waals surface area contributed by atoms with E-state index in [4.69, 9.17) is 28.3 Å². The van der Waals surface area contributed by atoms with Crippen LogP contribution in [-0.4, -0.2) is 31.3 Å². The van der Waals surface area contributed by atoms with E-state index in [1.807, 2.05) is 6.92 Å². The molecule has 0 aliphatic heterocycles. The maximum atomic E-state index is 10.8. The number of aromatic nitrogens is 4. The molecule has 0 radical (unpaired) electrons. The average molecular weight is 329 g/mol. The van der Waals surface area contributed by atoms with E-state index in [2.05, 4.69) is 15.5 Å².